The van der Waals surface area contributed by atoms with Crippen molar-refractivity contribution >= 4 is 0 Å². The number of pyridine rings is 2. The zero-order valence-electron chi connectivity index (χ0n) is 11.8. The number of aryl methyl sites for hydroxylation is 1. The number of aromatic amines is 1. The monoisotopic (exact) mass is 246 g/mol. The van der Waals surface area contributed by atoms with Crippen molar-refractivity contribution in [3.63, 3.8) is 0 Å². The third kappa shape index (κ3) is 4.95. The molecule has 0 atom stereocenters. The molecule has 18 heavy (non-hydrogen) atoms. The highest BCUT2D eigenvalue weighted by Gasteiger charge is 1.98. The summed E-state index contributed by atoms with van der Waals surface area (Å²) < 4.78 is 0. The molecule has 2 aromatic heterocycles. The van der Waals surface area contributed by atoms with Crippen molar-refractivity contribution in [1.82, 2.24) is 9.97 Å². The maximum atomic E-state index is 11.2. The molecular weight excluding hydrogens is 224 g/mol. The van der Waals surface area contributed by atoms with Gasteiger partial charge in [-0.1, -0.05) is 27.7 Å². The summed E-state index contributed by atoms with van der Waals surface area (Å²) in [7, 11) is 0. The molecular formula is C15H22N2O. The molecule has 2 heterocycles. The zero-order chi connectivity index (χ0) is 14.0. The molecule has 0 aliphatic rings. The van der Waals surface area contributed by atoms with E-state index >= 15 is 0 Å². The van der Waals surface area contributed by atoms with Gasteiger partial charge in [-0.3, -0.25) is 9.78 Å². The minimum Gasteiger partial charge on any atom is -0.326 e. The Morgan fingerprint density at radius 3 is 2.00 bits per heavy atom. The molecule has 0 amide bonds. The van der Waals surface area contributed by atoms with Crippen LogP contribution in [0.1, 0.15) is 33.4 Å². The molecule has 0 saturated carbocycles. The number of nitrogens with one attached hydrogen (secondary N) is 1. The fourth-order valence-corrected chi connectivity index (χ4v) is 1.39. The summed E-state index contributed by atoms with van der Waals surface area (Å²) >= 11 is 0. The Kier molecular flexibility index (Phi) is 8.20. The Morgan fingerprint density at radius 2 is 1.50 bits per heavy atom. The van der Waals surface area contributed by atoms with E-state index in [1.165, 1.54) is 0 Å². The van der Waals surface area contributed by atoms with Crippen LogP contribution < -0.4 is 5.56 Å². The summed E-state index contributed by atoms with van der Waals surface area (Å²) in [5.74, 6) is 0. The molecule has 0 fully saturated rings. The summed E-state index contributed by atoms with van der Waals surface area (Å²) in [6, 6.07) is 7.29. The zero-order valence-corrected chi connectivity index (χ0v) is 11.8. The Bertz CT molecular complexity index is 489. The van der Waals surface area contributed by atoms with Crippen molar-refractivity contribution in [3.8, 4) is 11.1 Å². The molecule has 0 aliphatic heterocycles. The van der Waals surface area contributed by atoms with Crippen LogP contribution in [0.5, 0.6) is 0 Å². The summed E-state index contributed by atoms with van der Waals surface area (Å²) in [6.07, 6.45) is 3.43. The first-order chi connectivity index (χ1) is 8.75. The second-order valence-electron chi connectivity index (χ2n) is 3.15. The summed E-state index contributed by atoms with van der Waals surface area (Å²) in [5.41, 5.74) is 2.73. The fourth-order valence-electron chi connectivity index (χ4n) is 1.39. The maximum Gasteiger partial charge on any atom is 0.248 e. The van der Waals surface area contributed by atoms with Crippen LogP contribution in [0.15, 0.2) is 41.5 Å². The molecule has 1 N–H and O–H groups in total. The van der Waals surface area contributed by atoms with Crippen LogP contribution >= 0.6 is 0 Å². The van der Waals surface area contributed by atoms with Crippen molar-refractivity contribution < 1.29 is 0 Å². The van der Waals surface area contributed by atoms with Gasteiger partial charge in [0.15, 0.2) is 0 Å². The highest BCUT2D eigenvalue weighted by Crippen LogP contribution is 2.16. The van der Waals surface area contributed by atoms with Gasteiger partial charge in [-0.25, -0.2) is 0 Å². The first-order valence-corrected chi connectivity index (χ1v) is 6.37. The lowest BCUT2D eigenvalue weighted by Gasteiger charge is -2.00. The second-order valence-corrected chi connectivity index (χ2v) is 3.15. The van der Waals surface area contributed by atoms with E-state index in [-0.39, 0.29) is 5.56 Å². The number of aromatic nitrogens is 2. The Labute approximate surface area is 109 Å². The van der Waals surface area contributed by atoms with Crippen LogP contribution in [0.25, 0.3) is 11.1 Å². The van der Waals surface area contributed by atoms with Gasteiger partial charge in [0, 0.05) is 24.2 Å². The first-order valence-electron chi connectivity index (χ1n) is 6.37. The number of hydrogen-bond acceptors (Lipinski definition) is 2. The minimum atomic E-state index is -0.0724. The Hall–Kier alpha value is -1.90. The van der Waals surface area contributed by atoms with E-state index in [2.05, 4.69) is 9.97 Å². The average molecular weight is 246 g/mol. The van der Waals surface area contributed by atoms with E-state index < -0.39 is 0 Å². The largest absolute Gasteiger partial charge is 0.326 e. The molecule has 0 bridgehead atoms. The molecule has 0 saturated heterocycles. The summed E-state index contributed by atoms with van der Waals surface area (Å²) in [4.78, 5) is 17.9. The van der Waals surface area contributed by atoms with Gasteiger partial charge in [0.05, 0.1) is 0 Å². The molecule has 0 aliphatic carbocycles. The van der Waals surface area contributed by atoms with Crippen molar-refractivity contribution in [3.05, 3.63) is 52.7 Å². The van der Waals surface area contributed by atoms with Crippen LogP contribution in [0.2, 0.25) is 0 Å². The van der Waals surface area contributed by atoms with Gasteiger partial charge in [-0.2, -0.15) is 0 Å². The molecule has 0 unspecified atom stereocenters. The molecule has 0 aromatic carbocycles. The van der Waals surface area contributed by atoms with Crippen LogP contribution in [0.4, 0.5) is 0 Å². The van der Waals surface area contributed by atoms with Crippen LogP contribution in [0, 0.1) is 6.92 Å². The summed E-state index contributed by atoms with van der Waals surface area (Å²) in [5, 5.41) is 0. The van der Waals surface area contributed by atoms with Gasteiger partial charge < -0.3 is 4.98 Å². The normalized spacial score (nSPS) is 8.50. The van der Waals surface area contributed by atoms with Crippen molar-refractivity contribution in [2.24, 2.45) is 0 Å². The number of H-pyrrole nitrogens is 1. The van der Waals surface area contributed by atoms with Gasteiger partial charge in [-0.05, 0) is 36.2 Å². The van der Waals surface area contributed by atoms with Crippen molar-refractivity contribution in [2.75, 3.05) is 0 Å². The first kappa shape index (κ1) is 16.1. The molecule has 3 nitrogen and oxygen atoms in total. The topological polar surface area (TPSA) is 45.8 Å². The van der Waals surface area contributed by atoms with E-state index in [4.69, 9.17) is 0 Å². The predicted octanol–water partition coefficient (Wildman–Crippen LogP) is 3.80. The lowest BCUT2D eigenvalue weighted by molar-refractivity contribution is 1.14. The number of nitrogens with zero attached hydrogens (tertiary/aromatic N) is 1. The standard InChI is InChI=1S/C11H10N2O.2C2H6/c1-8-6-10(7-11(14)13-8)9-2-4-12-5-3-9;2*1-2/h2-7H,1H3,(H,13,14);2*1-2H3. The molecule has 2 aromatic rings. The second kappa shape index (κ2) is 9.16. The minimum absolute atomic E-state index is 0.0724. The van der Waals surface area contributed by atoms with Crippen molar-refractivity contribution in [1.29, 1.82) is 0 Å². The summed E-state index contributed by atoms with van der Waals surface area (Å²) in [6.45, 7) is 9.87. The molecule has 0 spiro atoms. The van der Waals surface area contributed by atoms with Crippen LogP contribution in [-0.2, 0) is 0 Å². The van der Waals surface area contributed by atoms with Crippen LogP contribution in [-0.4, -0.2) is 9.97 Å². The third-order valence-electron chi connectivity index (χ3n) is 1.99. The van der Waals surface area contributed by atoms with E-state index in [1.807, 2.05) is 52.8 Å². The van der Waals surface area contributed by atoms with Crippen LogP contribution in [0.3, 0.4) is 0 Å². The fraction of sp³-hybridized carbons (Fsp3) is 0.333. The predicted molar refractivity (Wildman–Crippen MR) is 77.7 cm³/mol. The SMILES string of the molecule is CC.CC.Cc1cc(-c2ccncc2)cc(=O)[nH]1. The third-order valence-corrected chi connectivity index (χ3v) is 1.99. The Morgan fingerprint density at radius 1 is 0.944 bits per heavy atom. The lowest BCUT2D eigenvalue weighted by Crippen LogP contribution is -2.05. The van der Waals surface area contributed by atoms with E-state index in [1.54, 1.807) is 18.5 Å². The number of rotatable bonds is 1. The maximum absolute atomic E-state index is 11.2. The smallest absolute Gasteiger partial charge is 0.248 e. The molecule has 2 rings (SSSR count). The number of hydrogen-bond donors (Lipinski definition) is 1. The van der Waals surface area contributed by atoms with Gasteiger partial charge in [0.1, 0.15) is 0 Å². The highest BCUT2D eigenvalue weighted by molar-refractivity contribution is 5.62. The van der Waals surface area contributed by atoms with Gasteiger partial charge in [-0.15, -0.1) is 0 Å². The Balaban J connectivity index is 0.000000659. The van der Waals surface area contributed by atoms with Gasteiger partial charge in [0.2, 0.25) is 5.56 Å². The average Bonchev–Trinajstić information content (AvgIpc) is 2.43. The van der Waals surface area contributed by atoms with E-state index in [9.17, 15) is 4.79 Å². The van der Waals surface area contributed by atoms with Gasteiger partial charge >= 0.3 is 0 Å². The van der Waals surface area contributed by atoms with E-state index in [0.29, 0.717) is 0 Å². The molecule has 98 valence electrons. The van der Waals surface area contributed by atoms with E-state index in [0.717, 1.165) is 16.8 Å². The van der Waals surface area contributed by atoms with Crippen molar-refractivity contribution in [2.45, 2.75) is 34.6 Å². The quantitative estimate of drug-likeness (QED) is 0.832. The lowest BCUT2D eigenvalue weighted by atomic mass is 10.1. The molecule has 3 heteroatoms. The molecule has 0 radical (unpaired) electrons. The highest BCUT2D eigenvalue weighted by atomic mass is 16.1. The van der Waals surface area contributed by atoms with Gasteiger partial charge in [0.25, 0.3) is 0 Å².